The normalized spacial score (nSPS) is 16.0. The zero-order valence-corrected chi connectivity index (χ0v) is 16.2. The van der Waals surface area contributed by atoms with E-state index in [0.717, 1.165) is 16.8 Å². The van der Waals surface area contributed by atoms with E-state index in [2.05, 4.69) is 5.32 Å². The van der Waals surface area contributed by atoms with Crippen molar-refractivity contribution in [3.8, 4) is 16.9 Å². The molecular formula is C24H22N2O3. The molecule has 0 spiro atoms. The molecule has 1 atom stereocenters. The third-order valence-electron chi connectivity index (χ3n) is 5.08. The Kier molecular flexibility index (Phi) is 5.29. The Bertz CT molecular complexity index is 1020. The second-order valence-electron chi connectivity index (χ2n) is 7.02. The monoisotopic (exact) mass is 386 g/mol. The summed E-state index contributed by atoms with van der Waals surface area (Å²) in [5, 5.41) is 2.98. The van der Waals surface area contributed by atoms with Crippen molar-refractivity contribution in [3.63, 3.8) is 0 Å². The molecule has 146 valence electrons. The molecule has 0 radical (unpaired) electrons. The van der Waals surface area contributed by atoms with Crippen molar-refractivity contribution in [2.45, 2.75) is 12.5 Å². The highest BCUT2D eigenvalue weighted by Gasteiger charge is 2.31. The van der Waals surface area contributed by atoms with Gasteiger partial charge in [-0.25, -0.2) is 0 Å². The minimum Gasteiger partial charge on any atom is -0.497 e. The van der Waals surface area contributed by atoms with E-state index in [-0.39, 0.29) is 24.3 Å². The number of methoxy groups -OCH3 is 1. The number of anilines is 1. The maximum Gasteiger partial charge on any atom is 0.251 e. The average molecular weight is 386 g/mol. The highest BCUT2D eigenvalue weighted by molar-refractivity contribution is 5.99. The summed E-state index contributed by atoms with van der Waals surface area (Å²) >= 11 is 0. The largest absolute Gasteiger partial charge is 0.497 e. The molecule has 4 rings (SSSR count). The number of nitrogens with zero attached hydrogens (tertiary/aromatic N) is 1. The fourth-order valence-corrected chi connectivity index (χ4v) is 3.55. The first kappa shape index (κ1) is 18.7. The van der Waals surface area contributed by atoms with Crippen molar-refractivity contribution in [2.75, 3.05) is 18.6 Å². The fraction of sp³-hybridized carbons (Fsp3) is 0.167. The molecule has 1 heterocycles. The van der Waals surface area contributed by atoms with E-state index in [4.69, 9.17) is 4.74 Å². The number of rotatable bonds is 5. The SMILES string of the molecule is COc1cccc(N2C[C@H](NC(=O)c3ccc(-c4ccccc4)cc3)CC2=O)c1. The summed E-state index contributed by atoms with van der Waals surface area (Å²) in [7, 11) is 1.59. The van der Waals surface area contributed by atoms with E-state index in [1.165, 1.54) is 0 Å². The third-order valence-corrected chi connectivity index (χ3v) is 5.08. The number of hydrogen-bond donors (Lipinski definition) is 1. The molecule has 0 aliphatic carbocycles. The van der Waals surface area contributed by atoms with Gasteiger partial charge in [0.15, 0.2) is 0 Å². The van der Waals surface area contributed by atoms with Gasteiger partial charge in [-0.1, -0.05) is 48.5 Å². The maximum absolute atomic E-state index is 12.6. The Balaban J connectivity index is 1.42. The van der Waals surface area contributed by atoms with Crippen LogP contribution < -0.4 is 15.0 Å². The lowest BCUT2D eigenvalue weighted by Crippen LogP contribution is -2.37. The van der Waals surface area contributed by atoms with Crippen LogP contribution in [0.5, 0.6) is 5.75 Å². The number of benzene rings is 3. The molecule has 1 aliphatic heterocycles. The molecule has 0 unspecified atom stereocenters. The summed E-state index contributed by atoms with van der Waals surface area (Å²) in [5.74, 6) is 0.513. The molecule has 2 amide bonds. The van der Waals surface area contributed by atoms with Crippen LogP contribution in [0.25, 0.3) is 11.1 Å². The van der Waals surface area contributed by atoms with Crippen molar-refractivity contribution >= 4 is 17.5 Å². The zero-order valence-electron chi connectivity index (χ0n) is 16.2. The highest BCUT2D eigenvalue weighted by Crippen LogP contribution is 2.26. The van der Waals surface area contributed by atoms with Gasteiger partial charge < -0.3 is 15.0 Å². The van der Waals surface area contributed by atoms with E-state index in [1.54, 1.807) is 12.0 Å². The zero-order chi connectivity index (χ0) is 20.2. The molecule has 5 heteroatoms. The minimum absolute atomic E-state index is 0.0111. The maximum atomic E-state index is 12.6. The smallest absolute Gasteiger partial charge is 0.251 e. The van der Waals surface area contributed by atoms with Gasteiger partial charge in [0.05, 0.1) is 13.2 Å². The molecule has 1 fully saturated rings. The Labute approximate surface area is 169 Å². The summed E-state index contributed by atoms with van der Waals surface area (Å²) < 4.78 is 5.23. The van der Waals surface area contributed by atoms with Crippen LogP contribution in [0.1, 0.15) is 16.8 Å². The number of carbonyl (C=O) groups is 2. The predicted molar refractivity (Wildman–Crippen MR) is 113 cm³/mol. The fourth-order valence-electron chi connectivity index (χ4n) is 3.55. The van der Waals surface area contributed by atoms with Gasteiger partial charge in [0.2, 0.25) is 5.91 Å². The summed E-state index contributed by atoms with van der Waals surface area (Å²) in [6.07, 6.45) is 0.283. The predicted octanol–water partition coefficient (Wildman–Crippen LogP) is 3.90. The minimum atomic E-state index is -0.227. The van der Waals surface area contributed by atoms with Gasteiger partial charge in [-0.05, 0) is 35.4 Å². The highest BCUT2D eigenvalue weighted by atomic mass is 16.5. The second-order valence-corrected chi connectivity index (χ2v) is 7.02. The Morgan fingerprint density at radius 3 is 2.41 bits per heavy atom. The van der Waals surface area contributed by atoms with Crippen LogP contribution in [0.3, 0.4) is 0 Å². The molecule has 0 aromatic heterocycles. The topological polar surface area (TPSA) is 58.6 Å². The Morgan fingerprint density at radius 2 is 1.69 bits per heavy atom. The molecule has 5 nitrogen and oxygen atoms in total. The van der Waals surface area contributed by atoms with Gasteiger partial charge in [-0.3, -0.25) is 9.59 Å². The van der Waals surface area contributed by atoms with Gasteiger partial charge >= 0.3 is 0 Å². The molecular weight excluding hydrogens is 364 g/mol. The van der Waals surface area contributed by atoms with Gasteiger partial charge in [0, 0.05) is 30.3 Å². The van der Waals surface area contributed by atoms with E-state index in [1.807, 2.05) is 78.9 Å². The van der Waals surface area contributed by atoms with Crippen molar-refractivity contribution in [1.82, 2.24) is 5.32 Å². The van der Waals surface area contributed by atoms with Crippen LogP contribution in [0, 0.1) is 0 Å². The first-order valence-corrected chi connectivity index (χ1v) is 9.55. The van der Waals surface area contributed by atoms with E-state index >= 15 is 0 Å². The van der Waals surface area contributed by atoms with Crippen LogP contribution in [0.2, 0.25) is 0 Å². The first-order valence-electron chi connectivity index (χ1n) is 9.55. The van der Waals surface area contributed by atoms with Crippen LogP contribution in [0.15, 0.2) is 78.9 Å². The first-order chi connectivity index (χ1) is 14.1. The quantitative estimate of drug-likeness (QED) is 0.724. The van der Waals surface area contributed by atoms with Crippen LogP contribution in [-0.4, -0.2) is 31.5 Å². The van der Waals surface area contributed by atoms with Crippen molar-refractivity contribution in [3.05, 3.63) is 84.4 Å². The van der Waals surface area contributed by atoms with Crippen LogP contribution >= 0.6 is 0 Å². The molecule has 3 aromatic rings. The number of carbonyl (C=O) groups excluding carboxylic acids is 2. The van der Waals surface area contributed by atoms with Gasteiger partial charge in [-0.15, -0.1) is 0 Å². The molecule has 1 saturated heterocycles. The molecule has 0 saturated carbocycles. The van der Waals surface area contributed by atoms with E-state index in [0.29, 0.717) is 17.9 Å². The molecule has 3 aromatic carbocycles. The Hall–Kier alpha value is -3.60. The molecule has 1 aliphatic rings. The molecule has 0 bridgehead atoms. The van der Waals surface area contributed by atoms with Crippen molar-refractivity contribution < 1.29 is 14.3 Å². The van der Waals surface area contributed by atoms with Crippen molar-refractivity contribution in [1.29, 1.82) is 0 Å². The molecule has 29 heavy (non-hydrogen) atoms. The number of nitrogens with one attached hydrogen (secondary N) is 1. The number of ether oxygens (including phenoxy) is 1. The Morgan fingerprint density at radius 1 is 0.966 bits per heavy atom. The summed E-state index contributed by atoms with van der Waals surface area (Å²) in [4.78, 5) is 26.8. The molecule has 1 N–H and O–H groups in total. The van der Waals surface area contributed by atoms with Crippen molar-refractivity contribution in [2.24, 2.45) is 0 Å². The van der Waals surface area contributed by atoms with Crippen LogP contribution in [-0.2, 0) is 4.79 Å². The number of amides is 2. The second kappa shape index (κ2) is 8.19. The average Bonchev–Trinajstić information content (AvgIpc) is 3.14. The van der Waals surface area contributed by atoms with E-state index in [9.17, 15) is 9.59 Å². The lowest BCUT2D eigenvalue weighted by atomic mass is 10.0. The lowest BCUT2D eigenvalue weighted by Gasteiger charge is -2.18. The summed E-state index contributed by atoms with van der Waals surface area (Å²) in [5.41, 5.74) is 3.52. The summed E-state index contributed by atoms with van der Waals surface area (Å²) in [6.45, 7) is 0.444. The van der Waals surface area contributed by atoms with Gasteiger partial charge in [0.1, 0.15) is 5.75 Å². The standard InChI is InChI=1S/C24H22N2O3/c1-29-22-9-5-8-21(15-22)26-16-20(14-23(26)27)25-24(28)19-12-10-18(11-13-19)17-6-3-2-4-7-17/h2-13,15,20H,14,16H2,1H3,(H,25,28)/t20-/m1/s1. The van der Waals surface area contributed by atoms with Crippen LogP contribution in [0.4, 0.5) is 5.69 Å². The van der Waals surface area contributed by atoms with E-state index < -0.39 is 0 Å². The van der Waals surface area contributed by atoms with Gasteiger partial charge in [0.25, 0.3) is 5.91 Å². The third kappa shape index (κ3) is 4.14. The summed E-state index contributed by atoms with van der Waals surface area (Å²) in [6, 6.07) is 24.7. The number of hydrogen-bond acceptors (Lipinski definition) is 3. The lowest BCUT2D eigenvalue weighted by molar-refractivity contribution is -0.117. The van der Waals surface area contributed by atoms with Gasteiger partial charge in [-0.2, -0.15) is 0 Å².